The van der Waals surface area contributed by atoms with Crippen molar-refractivity contribution in [2.24, 2.45) is 0 Å². The summed E-state index contributed by atoms with van der Waals surface area (Å²) in [6.07, 6.45) is 57.5. The molecule has 0 bridgehead atoms. The lowest BCUT2D eigenvalue weighted by atomic mass is 9.99. The van der Waals surface area contributed by atoms with Crippen LogP contribution in [0.2, 0.25) is 0 Å². The highest BCUT2D eigenvalue weighted by Crippen LogP contribution is 2.26. The SMILES string of the molecule is CC/C=C\C/C=C\C/C=C\C/C=C\C/C=C\C/C=C\CCCCC(=O)OC(COCCC/C=C\C/C=C\C/C=C\C/C=C\C/C=C\C/C=C\CC)COC1OC(CO)C(O)C(OS(=O)(=O)O)C1O. The summed E-state index contributed by atoms with van der Waals surface area (Å²) >= 11 is 0. The number of allylic oxidation sites excluding steroid dienone is 24. The highest BCUT2D eigenvalue weighted by molar-refractivity contribution is 7.80. The Kier molecular flexibility index (Phi) is 40.3. The number of esters is 1. The average molecular weight is 969 g/mol. The number of ether oxygens (including phenoxy) is 4. The fraction of sp³-hybridized carbons (Fsp3) is 0.545. The second-order valence-electron chi connectivity index (χ2n) is 15.9. The maximum absolute atomic E-state index is 12.9. The number of carbonyl (C=O) groups excluding carboxylic acids is 1. The molecule has 1 saturated heterocycles. The lowest BCUT2D eigenvalue weighted by Crippen LogP contribution is -2.60. The molecule has 382 valence electrons. The van der Waals surface area contributed by atoms with Gasteiger partial charge in [-0.1, -0.05) is 160 Å². The molecule has 0 radical (unpaired) electrons. The Labute approximate surface area is 409 Å². The Morgan fingerprint density at radius 3 is 1.35 bits per heavy atom. The molecule has 1 rings (SSSR count). The smallest absolute Gasteiger partial charge is 0.397 e. The normalized spacial score (nSPS) is 20.6. The molecule has 68 heavy (non-hydrogen) atoms. The van der Waals surface area contributed by atoms with Gasteiger partial charge in [-0.25, -0.2) is 4.18 Å². The van der Waals surface area contributed by atoms with Crippen molar-refractivity contribution >= 4 is 16.4 Å². The molecule has 0 spiro atoms. The fourth-order valence-electron chi connectivity index (χ4n) is 6.34. The largest absolute Gasteiger partial charge is 0.457 e. The molecular formula is C55H84O12S. The monoisotopic (exact) mass is 969 g/mol. The molecular weight excluding hydrogens is 885 g/mol. The molecule has 0 saturated carbocycles. The van der Waals surface area contributed by atoms with Crippen molar-refractivity contribution in [3.05, 3.63) is 146 Å². The molecule has 6 atom stereocenters. The molecule has 1 heterocycles. The van der Waals surface area contributed by atoms with E-state index >= 15 is 0 Å². The molecule has 0 aromatic heterocycles. The minimum Gasteiger partial charge on any atom is -0.457 e. The van der Waals surface area contributed by atoms with E-state index in [4.69, 9.17) is 18.9 Å². The van der Waals surface area contributed by atoms with Crippen molar-refractivity contribution in [1.29, 1.82) is 0 Å². The van der Waals surface area contributed by atoms with Gasteiger partial charge < -0.3 is 34.3 Å². The number of hydrogen-bond acceptors (Lipinski definition) is 11. The first-order chi connectivity index (χ1) is 33.1. The Morgan fingerprint density at radius 2 is 0.956 bits per heavy atom. The molecule has 1 aliphatic rings. The summed E-state index contributed by atoms with van der Waals surface area (Å²) in [7, 11) is -5.09. The lowest BCUT2D eigenvalue weighted by molar-refractivity contribution is -0.301. The van der Waals surface area contributed by atoms with Crippen LogP contribution < -0.4 is 0 Å². The summed E-state index contributed by atoms with van der Waals surface area (Å²) in [5, 5.41) is 30.7. The van der Waals surface area contributed by atoms with Crippen LogP contribution in [0.4, 0.5) is 0 Å². The minimum atomic E-state index is -5.09. The van der Waals surface area contributed by atoms with Gasteiger partial charge in [0, 0.05) is 13.0 Å². The standard InChI is InChI=1S/C55H84O12S/c1-3-5-7-9-11-13-15-17-19-21-23-25-26-28-30-32-34-36-38-40-42-44-51(57)65-49(48-64-55-53(59)54(67-68(60,61)62)52(58)50(46-56)66-55)47-63-45-43-41-39-37-35-33-31-29-27-24-22-20-18-16-14-12-10-8-6-4-2/h5-8,11-14,17-20,23-25,27-28,30-31,33-34,36-37,39,49-50,52-56,58-59H,3-4,9-10,15-16,21-22,26,29,32,35,38,40-48H2,1-2H3,(H,60,61,62)/b7-5-,8-6-,13-11-,14-12-,19-17-,20-18-,25-23-,27-24-,30-28-,33-31-,36-34-,39-37-. The van der Waals surface area contributed by atoms with E-state index in [1.54, 1.807) is 0 Å². The van der Waals surface area contributed by atoms with E-state index < -0.39 is 59.8 Å². The van der Waals surface area contributed by atoms with Crippen molar-refractivity contribution in [3.63, 3.8) is 0 Å². The molecule has 0 amide bonds. The van der Waals surface area contributed by atoms with Crippen molar-refractivity contribution in [2.75, 3.05) is 26.4 Å². The third kappa shape index (κ3) is 36.9. The Morgan fingerprint density at radius 1 is 0.559 bits per heavy atom. The van der Waals surface area contributed by atoms with E-state index in [-0.39, 0.29) is 19.6 Å². The van der Waals surface area contributed by atoms with Crippen molar-refractivity contribution < 1.29 is 56.2 Å². The average Bonchev–Trinajstić information content (AvgIpc) is 3.31. The van der Waals surface area contributed by atoms with Gasteiger partial charge in [-0.2, -0.15) is 8.42 Å². The van der Waals surface area contributed by atoms with Gasteiger partial charge >= 0.3 is 16.4 Å². The van der Waals surface area contributed by atoms with Gasteiger partial charge in [-0.3, -0.25) is 9.35 Å². The molecule has 0 aromatic rings. The number of hydrogen-bond donors (Lipinski definition) is 4. The number of aliphatic hydroxyl groups excluding tert-OH is 3. The summed E-state index contributed by atoms with van der Waals surface area (Å²) in [5.74, 6) is -0.468. The minimum absolute atomic E-state index is 0.0339. The summed E-state index contributed by atoms with van der Waals surface area (Å²) in [6.45, 7) is 3.51. The predicted molar refractivity (Wildman–Crippen MR) is 275 cm³/mol. The predicted octanol–water partition coefficient (Wildman–Crippen LogP) is 11.3. The summed E-state index contributed by atoms with van der Waals surface area (Å²) < 4.78 is 59.1. The molecule has 0 aromatic carbocycles. The van der Waals surface area contributed by atoms with E-state index in [0.29, 0.717) is 19.4 Å². The highest BCUT2D eigenvalue weighted by Gasteiger charge is 2.48. The maximum Gasteiger partial charge on any atom is 0.397 e. The van der Waals surface area contributed by atoms with Gasteiger partial charge in [0.25, 0.3) is 0 Å². The number of rotatable bonds is 40. The van der Waals surface area contributed by atoms with Crippen LogP contribution in [0.5, 0.6) is 0 Å². The van der Waals surface area contributed by atoms with Crippen LogP contribution in [0.1, 0.15) is 129 Å². The van der Waals surface area contributed by atoms with Crippen LogP contribution in [0, 0.1) is 0 Å². The second kappa shape index (κ2) is 44.2. The Hall–Kier alpha value is -4.02. The third-order valence-electron chi connectivity index (χ3n) is 9.96. The van der Waals surface area contributed by atoms with Crippen LogP contribution >= 0.6 is 0 Å². The molecule has 4 N–H and O–H groups in total. The summed E-state index contributed by atoms with van der Waals surface area (Å²) in [6, 6.07) is 0. The van der Waals surface area contributed by atoms with Crippen LogP contribution in [-0.4, -0.2) is 97.5 Å². The number of aliphatic hydroxyl groups is 3. The summed E-state index contributed by atoms with van der Waals surface area (Å²) in [4.78, 5) is 12.9. The van der Waals surface area contributed by atoms with Crippen LogP contribution in [-0.2, 0) is 38.3 Å². The second-order valence-corrected chi connectivity index (χ2v) is 17.0. The van der Waals surface area contributed by atoms with E-state index in [1.165, 1.54) is 0 Å². The molecule has 13 heteroatoms. The highest BCUT2D eigenvalue weighted by atomic mass is 32.3. The van der Waals surface area contributed by atoms with Gasteiger partial charge in [0.15, 0.2) is 6.29 Å². The first-order valence-corrected chi connectivity index (χ1v) is 26.0. The van der Waals surface area contributed by atoms with E-state index in [2.05, 4.69) is 164 Å². The fourth-order valence-corrected chi connectivity index (χ4v) is 6.85. The van der Waals surface area contributed by atoms with Crippen LogP contribution in [0.15, 0.2) is 146 Å². The van der Waals surface area contributed by atoms with Crippen LogP contribution in [0.25, 0.3) is 0 Å². The van der Waals surface area contributed by atoms with Crippen LogP contribution in [0.3, 0.4) is 0 Å². The Bertz CT molecular complexity index is 1730. The zero-order chi connectivity index (χ0) is 49.6. The van der Waals surface area contributed by atoms with Crippen molar-refractivity contribution in [3.8, 4) is 0 Å². The molecule has 1 aliphatic heterocycles. The maximum atomic E-state index is 12.9. The van der Waals surface area contributed by atoms with Gasteiger partial charge in [-0.15, -0.1) is 0 Å². The molecule has 1 fully saturated rings. The van der Waals surface area contributed by atoms with Gasteiger partial charge in [0.05, 0.1) is 19.8 Å². The zero-order valence-corrected chi connectivity index (χ0v) is 41.7. The van der Waals surface area contributed by atoms with E-state index in [0.717, 1.165) is 96.3 Å². The molecule has 0 aliphatic carbocycles. The van der Waals surface area contributed by atoms with Crippen molar-refractivity contribution in [1.82, 2.24) is 0 Å². The van der Waals surface area contributed by atoms with Gasteiger partial charge in [0.2, 0.25) is 0 Å². The van der Waals surface area contributed by atoms with E-state index in [9.17, 15) is 33.1 Å². The zero-order valence-electron chi connectivity index (χ0n) is 40.8. The number of carbonyl (C=O) groups is 1. The molecule has 12 nitrogen and oxygen atoms in total. The number of unbranched alkanes of at least 4 members (excludes halogenated alkanes) is 3. The van der Waals surface area contributed by atoms with Gasteiger partial charge in [0.1, 0.15) is 30.5 Å². The summed E-state index contributed by atoms with van der Waals surface area (Å²) in [5.41, 5.74) is 0. The van der Waals surface area contributed by atoms with Gasteiger partial charge in [-0.05, 0) is 109 Å². The van der Waals surface area contributed by atoms with Crippen molar-refractivity contribution in [2.45, 2.75) is 166 Å². The Balaban J connectivity index is 2.50. The topological polar surface area (TPSA) is 178 Å². The quantitative estimate of drug-likeness (QED) is 0.0198. The third-order valence-corrected chi connectivity index (χ3v) is 10.4. The first kappa shape index (κ1) is 62.0. The first-order valence-electron chi connectivity index (χ1n) is 24.6. The van der Waals surface area contributed by atoms with E-state index in [1.807, 2.05) is 0 Å². The lowest BCUT2D eigenvalue weighted by Gasteiger charge is -2.41. The molecule has 6 unspecified atom stereocenters.